The van der Waals surface area contributed by atoms with Crippen LogP contribution in [-0.2, 0) is 26.0 Å². The number of sulfonamides is 1. The van der Waals surface area contributed by atoms with Gasteiger partial charge in [-0.05, 0) is 48.0 Å². The fourth-order valence-electron chi connectivity index (χ4n) is 3.85. The van der Waals surface area contributed by atoms with E-state index in [9.17, 15) is 13.2 Å². The summed E-state index contributed by atoms with van der Waals surface area (Å²) in [5.41, 5.74) is 1.87. The van der Waals surface area contributed by atoms with Crippen molar-refractivity contribution in [3.8, 4) is 5.75 Å². The zero-order valence-electron chi connectivity index (χ0n) is 21.9. The first-order valence-corrected chi connectivity index (χ1v) is 14.4. The van der Waals surface area contributed by atoms with Crippen molar-refractivity contribution in [3.63, 3.8) is 0 Å². The number of carbonyl (C=O) groups is 1. The van der Waals surface area contributed by atoms with E-state index in [0.717, 1.165) is 10.3 Å². The smallest absolute Gasteiger partial charge is 0.260 e. The van der Waals surface area contributed by atoms with Crippen LogP contribution in [0.15, 0.2) is 71.9 Å². The van der Waals surface area contributed by atoms with Crippen LogP contribution in [0.1, 0.15) is 15.9 Å². The Kier molecular flexibility index (Phi) is 9.59. The van der Waals surface area contributed by atoms with Crippen LogP contribution in [0.4, 0.5) is 5.13 Å². The van der Waals surface area contributed by atoms with E-state index < -0.39 is 10.0 Å². The highest BCUT2D eigenvalue weighted by Crippen LogP contribution is 2.33. The molecule has 4 aromatic rings. The molecule has 206 valence electrons. The fourth-order valence-corrected chi connectivity index (χ4v) is 6.20. The molecular weight excluding hydrogens is 540 g/mol. The molecule has 0 saturated carbocycles. The zero-order chi connectivity index (χ0) is 27.8. The van der Waals surface area contributed by atoms with Crippen molar-refractivity contribution in [1.29, 1.82) is 0 Å². The van der Waals surface area contributed by atoms with Gasteiger partial charge in [0.2, 0.25) is 10.0 Å². The summed E-state index contributed by atoms with van der Waals surface area (Å²) < 4.78 is 44.2. The van der Waals surface area contributed by atoms with Crippen LogP contribution >= 0.6 is 11.3 Å². The van der Waals surface area contributed by atoms with Crippen molar-refractivity contribution in [2.75, 3.05) is 52.5 Å². The second-order valence-electron chi connectivity index (χ2n) is 8.50. The van der Waals surface area contributed by atoms with Crippen molar-refractivity contribution in [2.24, 2.45) is 0 Å². The molecule has 0 aliphatic heterocycles. The number of carbonyl (C=O) groups excluding carboxylic acids is 1. The molecule has 10 nitrogen and oxygen atoms in total. The van der Waals surface area contributed by atoms with Gasteiger partial charge in [0.1, 0.15) is 5.75 Å². The fraction of sp³-hybridized carbons (Fsp3) is 0.296. The number of hydrogen-bond acceptors (Lipinski definition) is 9. The molecule has 2 aromatic heterocycles. The van der Waals surface area contributed by atoms with Gasteiger partial charge in [-0.1, -0.05) is 17.4 Å². The molecule has 0 atom stereocenters. The van der Waals surface area contributed by atoms with Gasteiger partial charge in [-0.2, -0.15) is 4.31 Å². The van der Waals surface area contributed by atoms with Crippen molar-refractivity contribution in [1.82, 2.24) is 14.3 Å². The minimum atomic E-state index is -3.81. The molecule has 0 aliphatic carbocycles. The van der Waals surface area contributed by atoms with Crippen LogP contribution in [-0.4, -0.2) is 76.2 Å². The Balaban J connectivity index is 1.65. The number of nitrogens with zero attached hydrogens (tertiary/aromatic N) is 4. The first-order chi connectivity index (χ1) is 18.9. The summed E-state index contributed by atoms with van der Waals surface area (Å²) in [5.74, 6) is 0.357. The Morgan fingerprint density at radius 1 is 0.974 bits per heavy atom. The number of benzene rings is 2. The summed E-state index contributed by atoms with van der Waals surface area (Å²) in [5, 5.41) is 0.508. The minimum absolute atomic E-state index is 0.0807. The molecule has 0 spiro atoms. The SMILES string of the molecule is COCCN(CCOC)S(=O)(=O)c1ccc(C(=O)N(Cc2cccnc2)c2nc3cc(OC)ccc3s2)cc1. The molecular formula is C27H30N4O6S2. The van der Waals surface area contributed by atoms with E-state index in [1.54, 1.807) is 30.5 Å². The van der Waals surface area contributed by atoms with Crippen LogP contribution in [0.5, 0.6) is 5.75 Å². The van der Waals surface area contributed by atoms with Gasteiger partial charge in [0.05, 0.1) is 42.0 Å². The Morgan fingerprint density at radius 3 is 2.31 bits per heavy atom. The molecule has 1 amide bonds. The standard InChI is InChI=1S/C27H30N4O6S2/c1-35-15-13-30(14-16-36-2)39(33,34)23-9-6-21(7-10-23)26(32)31(19-20-5-4-12-28-18-20)27-29-24-17-22(37-3)8-11-25(24)38-27/h4-12,17-18H,13-16,19H2,1-3H3. The average Bonchev–Trinajstić information content (AvgIpc) is 3.39. The van der Waals surface area contributed by atoms with Gasteiger partial charge in [-0.3, -0.25) is 14.7 Å². The van der Waals surface area contributed by atoms with E-state index in [1.807, 2.05) is 24.3 Å². The molecule has 0 bridgehead atoms. The number of methoxy groups -OCH3 is 3. The Bertz CT molecular complexity index is 1490. The maximum atomic E-state index is 13.8. The molecule has 0 fully saturated rings. The van der Waals surface area contributed by atoms with Crippen molar-refractivity contribution < 1.29 is 27.4 Å². The third-order valence-electron chi connectivity index (χ3n) is 5.95. The van der Waals surface area contributed by atoms with E-state index in [2.05, 4.69) is 4.98 Å². The highest BCUT2D eigenvalue weighted by atomic mass is 32.2. The quantitative estimate of drug-likeness (QED) is 0.239. The number of hydrogen-bond donors (Lipinski definition) is 0. The summed E-state index contributed by atoms with van der Waals surface area (Å²) in [4.78, 5) is 24.3. The van der Waals surface area contributed by atoms with Gasteiger partial charge in [0.25, 0.3) is 5.91 Å². The number of aromatic nitrogens is 2. The molecule has 0 aliphatic rings. The van der Waals surface area contributed by atoms with Gasteiger partial charge in [0.15, 0.2) is 5.13 Å². The first-order valence-electron chi connectivity index (χ1n) is 12.1. The lowest BCUT2D eigenvalue weighted by molar-refractivity contribution is 0.0985. The molecule has 0 unspecified atom stereocenters. The van der Waals surface area contributed by atoms with Gasteiger partial charge in [-0.15, -0.1) is 0 Å². The Hall–Kier alpha value is -3.42. The zero-order valence-corrected chi connectivity index (χ0v) is 23.6. The third-order valence-corrected chi connectivity index (χ3v) is 8.92. The molecule has 2 aromatic carbocycles. The lowest BCUT2D eigenvalue weighted by atomic mass is 10.2. The van der Waals surface area contributed by atoms with E-state index in [4.69, 9.17) is 19.2 Å². The number of rotatable bonds is 13. The predicted molar refractivity (Wildman–Crippen MR) is 150 cm³/mol. The first kappa shape index (κ1) is 28.6. The maximum Gasteiger partial charge on any atom is 0.260 e. The van der Waals surface area contributed by atoms with Crippen molar-refractivity contribution in [2.45, 2.75) is 11.4 Å². The number of fused-ring (bicyclic) bond motifs is 1. The maximum absolute atomic E-state index is 13.8. The summed E-state index contributed by atoms with van der Waals surface area (Å²) in [6.45, 7) is 1.10. The largest absolute Gasteiger partial charge is 0.497 e. The molecule has 0 saturated heterocycles. The minimum Gasteiger partial charge on any atom is -0.497 e. The number of pyridine rings is 1. The van der Waals surface area contributed by atoms with E-state index in [1.165, 1.54) is 54.1 Å². The second kappa shape index (κ2) is 13.1. The lowest BCUT2D eigenvalue weighted by Crippen LogP contribution is -2.36. The van der Waals surface area contributed by atoms with Crippen LogP contribution in [0.2, 0.25) is 0 Å². The molecule has 2 heterocycles. The lowest BCUT2D eigenvalue weighted by Gasteiger charge is -2.22. The third kappa shape index (κ3) is 6.78. The van der Waals surface area contributed by atoms with Gasteiger partial charge in [-0.25, -0.2) is 13.4 Å². The monoisotopic (exact) mass is 570 g/mol. The van der Waals surface area contributed by atoms with Crippen LogP contribution in [0, 0.1) is 0 Å². The highest BCUT2D eigenvalue weighted by Gasteiger charge is 2.26. The second-order valence-corrected chi connectivity index (χ2v) is 11.4. The average molecular weight is 571 g/mol. The highest BCUT2D eigenvalue weighted by molar-refractivity contribution is 7.89. The normalized spacial score (nSPS) is 11.7. The van der Waals surface area contributed by atoms with Crippen molar-refractivity contribution in [3.05, 3.63) is 78.1 Å². The van der Waals surface area contributed by atoms with Crippen molar-refractivity contribution >= 4 is 42.6 Å². The Labute approximate surface area is 231 Å². The van der Waals surface area contributed by atoms with E-state index in [-0.39, 0.29) is 43.7 Å². The summed E-state index contributed by atoms with van der Waals surface area (Å²) in [6, 6.07) is 15.2. The summed E-state index contributed by atoms with van der Waals surface area (Å²) in [7, 11) is 0.803. The summed E-state index contributed by atoms with van der Waals surface area (Å²) in [6.07, 6.45) is 3.36. The van der Waals surface area contributed by atoms with Crippen LogP contribution < -0.4 is 9.64 Å². The molecule has 12 heteroatoms. The van der Waals surface area contributed by atoms with Gasteiger partial charge >= 0.3 is 0 Å². The molecule has 4 rings (SSSR count). The molecule has 39 heavy (non-hydrogen) atoms. The van der Waals surface area contributed by atoms with Crippen LogP contribution in [0.25, 0.3) is 10.2 Å². The Morgan fingerprint density at radius 2 is 1.69 bits per heavy atom. The number of ether oxygens (including phenoxy) is 3. The number of thiazole rings is 1. The van der Waals surface area contributed by atoms with E-state index >= 15 is 0 Å². The van der Waals surface area contributed by atoms with Gasteiger partial charge in [0, 0.05) is 51.3 Å². The number of anilines is 1. The molecule has 0 radical (unpaired) electrons. The van der Waals surface area contributed by atoms with Gasteiger partial charge < -0.3 is 14.2 Å². The molecule has 0 N–H and O–H groups in total. The van der Waals surface area contributed by atoms with Crippen LogP contribution in [0.3, 0.4) is 0 Å². The van der Waals surface area contributed by atoms with E-state index in [0.29, 0.717) is 22.0 Å². The topological polar surface area (TPSA) is 111 Å². The predicted octanol–water partition coefficient (Wildman–Crippen LogP) is 3.83. The number of amides is 1. The summed E-state index contributed by atoms with van der Waals surface area (Å²) >= 11 is 1.39.